The summed E-state index contributed by atoms with van der Waals surface area (Å²) in [4.78, 5) is 17.6. The molecule has 0 amide bonds. The molecule has 5 nitrogen and oxygen atoms in total. The van der Waals surface area contributed by atoms with E-state index in [2.05, 4.69) is 15.0 Å². The van der Waals surface area contributed by atoms with Gasteiger partial charge < -0.3 is 4.52 Å². The van der Waals surface area contributed by atoms with E-state index in [1.54, 1.807) is 13.8 Å². The lowest BCUT2D eigenvalue weighted by molar-refractivity contribution is -0.118. The standard InChI is InChI=1S/C11H17N3O2/c1-8(15)6-10-4-3-5-14(10)7-11-12-9(2)16-13-11/h10H,3-7H2,1-2H3. The van der Waals surface area contributed by atoms with Crippen molar-refractivity contribution in [1.82, 2.24) is 15.0 Å². The summed E-state index contributed by atoms with van der Waals surface area (Å²) < 4.78 is 4.94. The number of likely N-dealkylation sites (tertiary alicyclic amines) is 1. The maximum Gasteiger partial charge on any atom is 0.223 e. The largest absolute Gasteiger partial charge is 0.340 e. The van der Waals surface area contributed by atoms with Gasteiger partial charge >= 0.3 is 0 Å². The molecule has 2 heterocycles. The summed E-state index contributed by atoms with van der Waals surface area (Å²) in [5, 5.41) is 3.88. The lowest BCUT2D eigenvalue weighted by Crippen LogP contribution is -2.30. The molecule has 0 saturated carbocycles. The second-order valence-electron chi connectivity index (χ2n) is 4.40. The molecule has 1 aromatic heterocycles. The van der Waals surface area contributed by atoms with Crippen LogP contribution in [0.3, 0.4) is 0 Å². The number of ketones is 1. The third-order valence-corrected chi connectivity index (χ3v) is 2.94. The van der Waals surface area contributed by atoms with Crippen molar-refractivity contribution in [3.8, 4) is 0 Å². The van der Waals surface area contributed by atoms with Crippen LogP contribution in [0.2, 0.25) is 0 Å². The Kier molecular flexibility index (Phi) is 3.33. The van der Waals surface area contributed by atoms with E-state index in [0.717, 1.165) is 19.4 Å². The number of aryl methyl sites for hydroxylation is 1. The number of carbonyl (C=O) groups excluding carboxylic acids is 1. The molecule has 1 aromatic rings. The first-order valence-corrected chi connectivity index (χ1v) is 5.68. The van der Waals surface area contributed by atoms with Crippen LogP contribution in [-0.2, 0) is 11.3 Å². The molecule has 0 aromatic carbocycles. The van der Waals surface area contributed by atoms with E-state index in [1.165, 1.54) is 0 Å². The van der Waals surface area contributed by atoms with Crippen molar-refractivity contribution >= 4 is 5.78 Å². The average molecular weight is 223 g/mol. The average Bonchev–Trinajstić information content (AvgIpc) is 2.77. The molecule has 16 heavy (non-hydrogen) atoms. The smallest absolute Gasteiger partial charge is 0.223 e. The molecule has 0 bridgehead atoms. The van der Waals surface area contributed by atoms with Gasteiger partial charge in [0, 0.05) is 19.4 Å². The third-order valence-electron chi connectivity index (χ3n) is 2.94. The Balaban J connectivity index is 1.95. The predicted octanol–water partition coefficient (Wildman–Crippen LogP) is 1.32. The number of rotatable bonds is 4. The Hall–Kier alpha value is -1.23. The zero-order chi connectivity index (χ0) is 11.5. The Bertz CT molecular complexity index is 375. The van der Waals surface area contributed by atoms with Gasteiger partial charge in [-0.3, -0.25) is 9.69 Å². The van der Waals surface area contributed by atoms with Gasteiger partial charge in [-0.15, -0.1) is 0 Å². The first kappa shape index (κ1) is 11.3. The van der Waals surface area contributed by atoms with Gasteiger partial charge in [0.15, 0.2) is 5.82 Å². The summed E-state index contributed by atoms with van der Waals surface area (Å²) in [6.45, 7) is 5.14. The summed E-state index contributed by atoms with van der Waals surface area (Å²) in [7, 11) is 0. The van der Waals surface area contributed by atoms with E-state index in [1.807, 2.05) is 0 Å². The Labute approximate surface area is 94.8 Å². The summed E-state index contributed by atoms with van der Waals surface area (Å²) in [6.07, 6.45) is 2.88. The quantitative estimate of drug-likeness (QED) is 0.770. The minimum Gasteiger partial charge on any atom is -0.340 e. The van der Waals surface area contributed by atoms with Crippen molar-refractivity contribution in [1.29, 1.82) is 0 Å². The van der Waals surface area contributed by atoms with Gasteiger partial charge in [0.25, 0.3) is 0 Å². The van der Waals surface area contributed by atoms with Crippen LogP contribution < -0.4 is 0 Å². The van der Waals surface area contributed by atoms with Crippen molar-refractivity contribution in [2.24, 2.45) is 0 Å². The lowest BCUT2D eigenvalue weighted by atomic mass is 10.1. The highest BCUT2D eigenvalue weighted by Crippen LogP contribution is 2.21. The predicted molar refractivity (Wildman–Crippen MR) is 57.8 cm³/mol. The van der Waals surface area contributed by atoms with Gasteiger partial charge in [0.2, 0.25) is 5.89 Å². The topological polar surface area (TPSA) is 59.2 Å². The van der Waals surface area contributed by atoms with Crippen molar-refractivity contribution in [3.05, 3.63) is 11.7 Å². The first-order chi connectivity index (χ1) is 7.65. The molecular weight excluding hydrogens is 206 g/mol. The first-order valence-electron chi connectivity index (χ1n) is 5.68. The molecule has 0 aliphatic carbocycles. The van der Waals surface area contributed by atoms with Gasteiger partial charge in [0.1, 0.15) is 5.78 Å². The van der Waals surface area contributed by atoms with Crippen LogP contribution >= 0.6 is 0 Å². The maximum atomic E-state index is 11.1. The lowest BCUT2D eigenvalue weighted by Gasteiger charge is -2.21. The second-order valence-corrected chi connectivity index (χ2v) is 4.40. The van der Waals surface area contributed by atoms with Crippen LogP contribution in [-0.4, -0.2) is 33.4 Å². The highest BCUT2D eigenvalue weighted by molar-refractivity contribution is 5.76. The van der Waals surface area contributed by atoms with Crippen LogP contribution in [0, 0.1) is 6.92 Å². The van der Waals surface area contributed by atoms with Gasteiger partial charge in [-0.25, -0.2) is 0 Å². The van der Waals surface area contributed by atoms with E-state index in [9.17, 15) is 4.79 Å². The Morgan fingerprint density at radius 2 is 2.44 bits per heavy atom. The van der Waals surface area contributed by atoms with Crippen LogP contribution in [0.4, 0.5) is 0 Å². The molecule has 1 aliphatic rings. The van der Waals surface area contributed by atoms with Crippen molar-refractivity contribution in [2.45, 2.75) is 45.7 Å². The molecule has 0 spiro atoms. The number of Topliss-reactive ketones (excluding diaryl/α,β-unsaturated/α-hetero) is 1. The van der Waals surface area contributed by atoms with Gasteiger partial charge in [0.05, 0.1) is 6.54 Å². The summed E-state index contributed by atoms with van der Waals surface area (Å²) >= 11 is 0. The number of nitrogens with zero attached hydrogens (tertiary/aromatic N) is 3. The van der Waals surface area contributed by atoms with Gasteiger partial charge in [-0.1, -0.05) is 5.16 Å². The number of hydrogen-bond donors (Lipinski definition) is 0. The molecular formula is C11H17N3O2. The summed E-state index contributed by atoms with van der Waals surface area (Å²) in [5.41, 5.74) is 0. The molecule has 0 radical (unpaired) electrons. The third kappa shape index (κ3) is 2.66. The normalized spacial score (nSPS) is 21.5. The zero-order valence-corrected chi connectivity index (χ0v) is 9.77. The molecule has 5 heteroatoms. The molecule has 1 unspecified atom stereocenters. The maximum absolute atomic E-state index is 11.1. The van der Waals surface area contributed by atoms with Gasteiger partial charge in [-0.2, -0.15) is 4.98 Å². The highest BCUT2D eigenvalue weighted by atomic mass is 16.5. The van der Waals surface area contributed by atoms with Crippen molar-refractivity contribution < 1.29 is 9.32 Å². The highest BCUT2D eigenvalue weighted by Gasteiger charge is 2.26. The van der Waals surface area contributed by atoms with Crippen LogP contribution in [0.15, 0.2) is 4.52 Å². The molecule has 1 atom stereocenters. The molecule has 0 N–H and O–H groups in total. The van der Waals surface area contributed by atoms with E-state index < -0.39 is 0 Å². The number of carbonyl (C=O) groups is 1. The van der Waals surface area contributed by atoms with E-state index >= 15 is 0 Å². The minimum atomic E-state index is 0.251. The van der Waals surface area contributed by atoms with Crippen LogP contribution in [0.5, 0.6) is 0 Å². The van der Waals surface area contributed by atoms with E-state index in [4.69, 9.17) is 4.52 Å². The monoisotopic (exact) mass is 223 g/mol. The SMILES string of the molecule is CC(=O)CC1CCCN1Cc1noc(C)n1. The van der Waals surface area contributed by atoms with Crippen molar-refractivity contribution in [3.63, 3.8) is 0 Å². The van der Waals surface area contributed by atoms with E-state index in [0.29, 0.717) is 30.7 Å². The fraction of sp³-hybridized carbons (Fsp3) is 0.727. The Morgan fingerprint density at radius 3 is 3.06 bits per heavy atom. The van der Waals surface area contributed by atoms with Gasteiger partial charge in [-0.05, 0) is 26.3 Å². The zero-order valence-electron chi connectivity index (χ0n) is 9.77. The Morgan fingerprint density at radius 1 is 1.62 bits per heavy atom. The minimum absolute atomic E-state index is 0.251. The number of aromatic nitrogens is 2. The molecule has 1 aliphatic heterocycles. The molecule has 88 valence electrons. The second kappa shape index (κ2) is 4.74. The van der Waals surface area contributed by atoms with E-state index in [-0.39, 0.29) is 5.78 Å². The van der Waals surface area contributed by atoms with Crippen LogP contribution in [0.25, 0.3) is 0 Å². The molecule has 1 fully saturated rings. The molecule has 2 rings (SSSR count). The number of hydrogen-bond acceptors (Lipinski definition) is 5. The fourth-order valence-electron chi connectivity index (χ4n) is 2.25. The molecule has 1 saturated heterocycles. The fourth-order valence-corrected chi connectivity index (χ4v) is 2.25. The van der Waals surface area contributed by atoms with Crippen LogP contribution in [0.1, 0.15) is 37.9 Å². The summed E-state index contributed by atoms with van der Waals surface area (Å²) in [6, 6.07) is 0.358. The van der Waals surface area contributed by atoms with Crippen molar-refractivity contribution in [2.75, 3.05) is 6.54 Å². The summed E-state index contributed by atoms with van der Waals surface area (Å²) in [5.74, 6) is 1.56.